The van der Waals surface area contributed by atoms with Crippen molar-refractivity contribution < 1.29 is 18.1 Å². The van der Waals surface area contributed by atoms with Gasteiger partial charge in [-0.15, -0.1) is 0 Å². The third kappa shape index (κ3) is 4.60. The van der Waals surface area contributed by atoms with E-state index in [1.54, 1.807) is 24.3 Å². The van der Waals surface area contributed by atoms with Crippen molar-refractivity contribution in [1.82, 2.24) is 4.83 Å². The lowest BCUT2D eigenvalue weighted by atomic mass is 10.1. The van der Waals surface area contributed by atoms with Crippen LogP contribution < -0.4 is 9.73 Å². The number of hydrogen-bond donors (Lipinski definition) is 1. The van der Waals surface area contributed by atoms with Crippen LogP contribution in [0.3, 0.4) is 0 Å². The molecule has 0 unspecified atom stereocenters. The Morgan fingerprint density at radius 3 is 2.52 bits per heavy atom. The average molecular weight is 390 g/mol. The number of nitrogens with one attached hydrogen (secondary N) is 1. The molecular weight excluding hydrogens is 372 g/mol. The lowest BCUT2D eigenvalue weighted by molar-refractivity contribution is -0.384. The number of hydrogen-bond acceptors (Lipinski definition) is 7. The number of nitrogens with zero attached hydrogens (tertiary/aromatic N) is 3. The first kappa shape index (κ1) is 18.8. The van der Waals surface area contributed by atoms with Crippen molar-refractivity contribution in [2.75, 3.05) is 31.2 Å². The standard InChI is InChI=1S/C17H18N4O5S/c22-21(23)15-6-7-17(20-8-10-26-11-9-20)14(12-15)13-18-19-27(24,25)16-4-2-1-3-5-16/h1-7,12-13,19H,8-11H2/b18-13-. The predicted octanol–water partition coefficient (Wildman–Crippen LogP) is 1.74. The second kappa shape index (κ2) is 8.14. The summed E-state index contributed by atoms with van der Waals surface area (Å²) in [5, 5.41) is 14.9. The van der Waals surface area contributed by atoms with Gasteiger partial charge in [0.2, 0.25) is 0 Å². The first-order valence-electron chi connectivity index (χ1n) is 8.18. The van der Waals surface area contributed by atoms with Crippen LogP contribution >= 0.6 is 0 Å². The number of benzene rings is 2. The summed E-state index contributed by atoms with van der Waals surface area (Å²) in [6.07, 6.45) is 1.28. The minimum absolute atomic E-state index is 0.0783. The van der Waals surface area contributed by atoms with Crippen LogP contribution in [-0.4, -0.2) is 45.9 Å². The Bertz CT molecular complexity index is 941. The smallest absolute Gasteiger partial charge is 0.276 e. The number of ether oxygens (including phenoxy) is 1. The minimum Gasteiger partial charge on any atom is -0.378 e. The van der Waals surface area contributed by atoms with Crippen LogP contribution in [0.1, 0.15) is 5.56 Å². The van der Waals surface area contributed by atoms with Crippen LogP contribution in [0.4, 0.5) is 11.4 Å². The van der Waals surface area contributed by atoms with Gasteiger partial charge < -0.3 is 9.64 Å². The van der Waals surface area contributed by atoms with E-state index in [-0.39, 0.29) is 10.6 Å². The van der Waals surface area contributed by atoms with E-state index >= 15 is 0 Å². The summed E-state index contributed by atoms with van der Waals surface area (Å²) in [4.78, 5) is 14.8. The third-order valence-electron chi connectivity index (χ3n) is 4.00. The molecule has 0 spiro atoms. The van der Waals surface area contributed by atoms with E-state index < -0.39 is 14.9 Å². The first-order valence-corrected chi connectivity index (χ1v) is 9.67. The number of anilines is 1. The molecule has 27 heavy (non-hydrogen) atoms. The zero-order valence-corrected chi connectivity index (χ0v) is 15.1. The van der Waals surface area contributed by atoms with Gasteiger partial charge in [-0.1, -0.05) is 18.2 Å². The Morgan fingerprint density at radius 1 is 1.15 bits per heavy atom. The van der Waals surface area contributed by atoms with E-state index in [0.717, 1.165) is 5.69 Å². The SMILES string of the molecule is O=[N+]([O-])c1ccc(N2CCOCC2)c(/C=N\NS(=O)(=O)c2ccccc2)c1. The molecule has 1 heterocycles. The molecule has 0 aromatic heterocycles. The number of sulfonamides is 1. The molecule has 2 aromatic rings. The highest BCUT2D eigenvalue weighted by molar-refractivity contribution is 7.89. The Balaban J connectivity index is 1.86. The molecule has 0 radical (unpaired) electrons. The molecule has 142 valence electrons. The molecule has 0 bridgehead atoms. The fourth-order valence-electron chi connectivity index (χ4n) is 2.67. The van der Waals surface area contributed by atoms with Crippen molar-refractivity contribution in [3.63, 3.8) is 0 Å². The summed E-state index contributed by atoms with van der Waals surface area (Å²) >= 11 is 0. The second-order valence-corrected chi connectivity index (χ2v) is 7.43. The van der Waals surface area contributed by atoms with Crippen molar-refractivity contribution in [2.24, 2.45) is 5.10 Å². The van der Waals surface area contributed by atoms with Crippen molar-refractivity contribution >= 4 is 27.6 Å². The molecule has 1 aliphatic rings. The molecule has 1 aliphatic heterocycles. The lowest BCUT2D eigenvalue weighted by Gasteiger charge is -2.29. The Morgan fingerprint density at radius 2 is 1.85 bits per heavy atom. The van der Waals surface area contributed by atoms with Crippen molar-refractivity contribution in [1.29, 1.82) is 0 Å². The number of nitro benzene ring substituents is 1. The van der Waals surface area contributed by atoms with Crippen LogP contribution in [0, 0.1) is 10.1 Å². The summed E-state index contributed by atoms with van der Waals surface area (Å²) in [5.74, 6) is 0. The van der Waals surface area contributed by atoms with E-state index in [0.29, 0.717) is 31.9 Å². The average Bonchev–Trinajstić information content (AvgIpc) is 2.69. The van der Waals surface area contributed by atoms with Crippen LogP contribution in [0.25, 0.3) is 0 Å². The molecule has 0 aliphatic carbocycles. The first-order chi connectivity index (χ1) is 13.0. The molecule has 0 atom stereocenters. The summed E-state index contributed by atoms with van der Waals surface area (Å²) in [6, 6.07) is 12.2. The number of rotatable bonds is 6. The van der Waals surface area contributed by atoms with Crippen LogP contribution in [0.5, 0.6) is 0 Å². The maximum Gasteiger partial charge on any atom is 0.276 e. The maximum absolute atomic E-state index is 12.2. The molecule has 0 amide bonds. The van der Waals surface area contributed by atoms with Gasteiger partial charge in [0, 0.05) is 36.5 Å². The molecule has 1 saturated heterocycles. The van der Waals surface area contributed by atoms with Crippen LogP contribution in [-0.2, 0) is 14.8 Å². The summed E-state index contributed by atoms with van der Waals surface area (Å²) in [6.45, 7) is 2.37. The highest BCUT2D eigenvalue weighted by Gasteiger charge is 2.17. The molecule has 10 heteroatoms. The highest BCUT2D eigenvalue weighted by atomic mass is 32.2. The van der Waals surface area contributed by atoms with E-state index in [9.17, 15) is 18.5 Å². The molecule has 9 nitrogen and oxygen atoms in total. The van der Waals surface area contributed by atoms with Gasteiger partial charge in [0.15, 0.2) is 0 Å². The monoisotopic (exact) mass is 390 g/mol. The minimum atomic E-state index is -3.81. The Hall–Kier alpha value is -2.98. The molecule has 0 saturated carbocycles. The van der Waals surface area contributed by atoms with Crippen LogP contribution in [0.15, 0.2) is 58.5 Å². The molecule has 1 N–H and O–H groups in total. The Labute approximate surface area is 156 Å². The van der Waals surface area contributed by atoms with Gasteiger partial charge in [0.25, 0.3) is 15.7 Å². The molecular formula is C17H18N4O5S. The molecule has 1 fully saturated rings. The number of nitro groups is 1. The van der Waals surface area contributed by atoms with Gasteiger partial charge in [-0.05, 0) is 18.2 Å². The van der Waals surface area contributed by atoms with Crippen molar-refractivity contribution in [2.45, 2.75) is 4.90 Å². The van der Waals surface area contributed by atoms with E-state index in [1.807, 2.05) is 4.90 Å². The number of non-ortho nitro benzene ring substituents is 1. The predicted molar refractivity (Wildman–Crippen MR) is 100 cm³/mol. The molecule has 3 rings (SSSR count). The fraction of sp³-hybridized carbons (Fsp3) is 0.235. The summed E-state index contributed by atoms with van der Waals surface area (Å²) in [7, 11) is -3.81. The van der Waals surface area contributed by atoms with E-state index in [4.69, 9.17) is 4.74 Å². The zero-order chi connectivity index (χ0) is 19.3. The van der Waals surface area contributed by atoms with Gasteiger partial charge in [0.05, 0.1) is 29.2 Å². The quantitative estimate of drug-likeness (QED) is 0.457. The van der Waals surface area contributed by atoms with E-state index in [2.05, 4.69) is 9.93 Å². The normalized spacial score (nSPS) is 15.0. The van der Waals surface area contributed by atoms with Gasteiger partial charge in [-0.25, -0.2) is 4.83 Å². The maximum atomic E-state index is 12.2. The Kier molecular flexibility index (Phi) is 5.67. The lowest BCUT2D eigenvalue weighted by Crippen LogP contribution is -2.36. The van der Waals surface area contributed by atoms with Gasteiger partial charge in [-0.3, -0.25) is 10.1 Å². The van der Waals surface area contributed by atoms with E-state index in [1.165, 1.54) is 30.5 Å². The number of hydrazone groups is 1. The summed E-state index contributed by atoms with van der Waals surface area (Å²) in [5.41, 5.74) is 1.08. The number of morpholine rings is 1. The molecule has 2 aromatic carbocycles. The van der Waals surface area contributed by atoms with Crippen LogP contribution in [0.2, 0.25) is 0 Å². The third-order valence-corrected chi connectivity index (χ3v) is 5.24. The second-order valence-electron chi connectivity index (χ2n) is 5.77. The topological polar surface area (TPSA) is 114 Å². The largest absolute Gasteiger partial charge is 0.378 e. The van der Waals surface area contributed by atoms with Crippen molar-refractivity contribution in [3.8, 4) is 0 Å². The highest BCUT2D eigenvalue weighted by Crippen LogP contribution is 2.25. The van der Waals surface area contributed by atoms with Gasteiger partial charge >= 0.3 is 0 Å². The zero-order valence-electron chi connectivity index (χ0n) is 14.3. The van der Waals surface area contributed by atoms with Gasteiger partial charge in [-0.2, -0.15) is 13.5 Å². The van der Waals surface area contributed by atoms with Crippen molar-refractivity contribution in [3.05, 3.63) is 64.2 Å². The van der Waals surface area contributed by atoms with Gasteiger partial charge in [0.1, 0.15) is 0 Å². The fourth-order valence-corrected chi connectivity index (χ4v) is 3.48. The summed E-state index contributed by atoms with van der Waals surface area (Å²) < 4.78 is 29.8.